The molecule has 1 unspecified atom stereocenters. The number of para-hydroxylation sites is 3. The maximum atomic E-state index is 5.35. The van der Waals surface area contributed by atoms with Crippen LogP contribution in [-0.4, -0.2) is 30.9 Å². The highest BCUT2D eigenvalue weighted by atomic mass is 15.3. The fourth-order valence-corrected chi connectivity index (χ4v) is 8.11. The van der Waals surface area contributed by atoms with Crippen molar-refractivity contribution in [1.82, 2.24) is 24.2 Å². The van der Waals surface area contributed by atoms with Crippen LogP contribution in [0, 0.1) is 0 Å². The molecule has 3 aromatic heterocycles. The molecule has 11 rings (SSSR count). The molecule has 0 bridgehead atoms. The van der Waals surface area contributed by atoms with E-state index in [0.29, 0.717) is 0 Å². The summed E-state index contributed by atoms with van der Waals surface area (Å²) in [5.74, 6) is 0.797. The van der Waals surface area contributed by atoms with Crippen molar-refractivity contribution in [3.8, 4) is 11.4 Å². The van der Waals surface area contributed by atoms with Crippen molar-refractivity contribution in [2.45, 2.75) is 6.04 Å². The van der Waals surface area contributed by atoms with E-state index in [1.54, 1.807) is 0 Å². The number of allylic oxidation sites excluding steroid dienone is 2. The minimum absolute atomic E-state index is 0.00550. The summed E-state index contributed by atoms with van der Waals surface area (Å²) >= 11 is 0. The van der Waals surface area contributed by atoms with E-state index in [9.17, 15) is 0 Å². The summed E-state index contributed by atoms with van der Waals surface area (Å²) in [5, 5.41) is 14.7. The predicted molar refractivity (Wildman–Crippen MR) is 210 cm³/mol. The molecule has 1 atom stereocenters. The first-order valence-corrected chi connectivity index (χ1v) is 17.3. The standard InChI is InChI=1S/C45H30N6/c1-3-13-29(14-4-1)43-36-19-7-10-20-38(36)47-45(48-43)50-40-22-12-8-17-32(40)34-24-23-31(27-42(34)50)51-41-26-25-35-33-18-9-11-21-39(33)49(30-15-5-2-6-16-30)44(35)37(41)28-46-51/h1-28,38H,(H,47,48). The van der Waals surface area contributed by atoms with Gasteiger partial charge in [-0.05, 0) is 48.5 Å². The summed E-state index contributed by atoms with van der Waals surface area (Å²) in [6, 6.07) is 49.4. The van der Waals surface area contributed by atoms with Crippen LogP contribution in [0.15, 0.2) is 181 Å². The van der Waals surface area contributed by atoms with E-state index in [1.165, 1.54) is 21.7 Å². The largest absolute Gasteiger partial charge is 0.345 e. The third-order valence-electron chi connectivity index (χ3n) is 10.4. The molecule has 6 aromatic carbocycles. The van der Waals surface area contributed by atoms with Gasteiger partial charge in [0.1, 0.15) is 0 Å². The Morgan fingerprint density at radius 1 is 0.529 bits per heavy atom. The minimum atomic E-state index is 0.00550. The van der Waals surface area contributed by atoms with Crippen molar-refractivity contribution < 1.29 is 0 Å². The highest BCUT2D eigenvalue weighted by Gasteiger charge is 2.27. The Bertz CT molecular complexity index is 2990. The normalized spacial score (nSPS) is 15.7. The Kier molecular flexibility index (Phi) is 5.92. The molecule has 0 fully saturated rings. The zero-order chi connectivity index (χ0) is 33.5. The third kappa shape index (κ3) is 4.10. The lowest BCUT2D eigenvalue weighted by molar-refractivity contribution is 0.805. The van der Waals surface area contributed by atoms with Gasteiger partial charge in [0.25, 0.3) is 0 Å². The van der Waals surface area contributed by atoms with E-state index in [4.69, 9.17) is 10.1 Å². The SMILES string of the molecule is C1=CC2=C(c3ccccc3)N=C(n3c4ccccc4c4ccc(-n5ncc6c5ccc5c7ccccc7n(-c7ccccc7)c56)cc43)NC2C=C1. The second kappa shape index (κ2) is 10.8. The Labute approximate surface area is 293 Å². The number of hydrogen-bond acceptors (Lipinski definition) is 3. The van der Waals surface area contributed by atoms with Gasteiger partial charge in [0.2, 0.25) is 5.96 Å². The van der Waals surface area contributed by atoms with Gasteiger partial charge >= 0.3 is 0 Å². The van der Waals surface area contributed by atoms with Gasteiger partial charge in [-0.1, -0.05) is 115 Å². The van der Waals surface area contributed by atoms with Crippen molar-refractivity contribution >= 4 is 66.2 Å². The number of aromatic nitrogens is 4. The van der Waals surface area contributed by atoms with Crippen molar-refractivity contribution in [2.24, 2.45) is 4.99 Å². The number of benzene rings is 6. The van der Waals surface area contributed by atoms with Gasteiger partial charge in [-0.2, -0.15) is 5.10 Å². The maximum Gasteiger partial charge on any atom is 0.209 e. The van der Waals surface area contributed by atoms with E-state index in [-0.39, 0.29) is 6.04 Å². The number of aliphatic imine (C=N–C) groups is 1. The van der Waals surface area contributed by atoms with Gasteiger partial charge in [0.15, 0.2) is 0 Å². The molecule has 240 valence electrons. The third-order valence-corrected chi connectivity index (χ3v) is 10.4. The molecule has 0 amide bonds. The molecule has 0 radical (unpaired) electrons. The first kappa shape index (κ1) is 28.0. The number of hydrogen-bond donors (Lipinski definition) is 1. The average molecular weight is 655 g/mol. The van der Waals surface area contributed by atoms with Crippen LogP contribution in [-0.2, 0) is 0 Å². The molecule has 1 aliphatic carbocycles. The summed E-state index contributed by atoms with van der Waals surface area (Å²) < 4.78 is 6.71. The number of fused-ring (bicyclic) bond motifs is 9. The van der Waals surface area contributed by atoms with Crippen molar-refractivity contribution in [3.05, 3.63) is 181 Å². The highest BCUT2D eigenvalue weighted by Crippen LogP contribution is 2.38. The molecule has 0 saturated carbocycles. The van der Waals surface area contributed by atoms with Crippen LogP contribution < -0.4 is 5.32 Å². The summed E-state index contributed by atoms with van der Waals surface area (Å²) in [5.41, 5.74) is 10.9. The van der Waals surface area contributed by atoms with Gasteiger partial charge < -0.3 is 9.88 Å². The molecule has 0 spiro atoms. The fraction of sp³-hybridized carbons (Fsp3) is 0.0222. The Morgan fingerprint density at radius 3 is 2.04 bits per heavy atom. The Hall–Kier alpha value is -6.92. The van der Waals surface area contributed by atoms with Crippen LogP contribution >= 0.6 is 0 Å². The summed E-state index contributed by atoms with van der Waals surface area (Å²) in [7, 11) is 0. The lowest BCUT2D eigenvalue weighted by Gasteiger charge is -2.28. The first-order valence-electron chi connectivity index (χ1n) is 17.3. The second-order valence-corrected chi connectivity index (χ2v) is 13.2. The molecular formula is C45H30N6. The van der Waals surface area contributed by atoms with E-state index in [2.05, 4.69) is 177 Å². The van der Waals surface area contributed by atoms with E-state index in [0.717, 1.165) is 67.0 Å². The molecular weight excluding hydrogens is 625 g/mol. The minimum Gasteiger partial charge on any atom is -0.345 e. The molecule has 1 N–H and O–H groups in total. The van der Waals surface area contributed by atoms with E-state index < -0.39 is 0 Å². The van der Waals surface area contributed by atoms with E-state index in [1.807, 2.05) is 12.3 Å². The second-order valence-electron chi connectivity index (χ2n) is 13.2. The Balaban J connectivity index is 1.14. The van der Waals surface area contributed by atoms with Gasteiger partial charge in [-0.25, -0.2) is 9.67 Å². The molecule has 6 heteroatoms. The molecule has 1 aliphatic heterocycles. The fourth-order valence-electron chi connectivity index (χ4n) is 8.11. The first-order chi connectivity index (χ1) is 25.3. The molecule has 0 saturated heterocycles. The van der Waals surface area contributed by atoms with Gasteiger partial charge in [0.05, 0.1) is 51.2 Å². The molecule has 4 heterocycles. The van der Waals surface area contributed by atoms with E-state index >= 15 is 0 Å². The summed E-state index contributed by atoms with van der Waals surface area (Å²) in [6.45, 7) is 0. The zero-order valence-corrected chi connectivity index (χ0v) is 27.5. The van der Waals surface area contributed by atoms with Crippen LogP contribution in [0.25, 0.3) is 71.6 Å². The lowest BCUT2D eigenvalue weighted by Crippen LogP contribution is -2.42. The molecule has 6 nitrogen and oxygen atoms in total. The predicted octanol–water partition coefficient (Wildman–Crippen LogP) is 9.94. The number of nitrogens with zero attached hydrogens (tertiary/aromatic N) is 5. The Morgan fingerprint density at radius 2 is 1.22 bits per heavy atom. The number of nitrogens with one attached hydrogen (secondary N) is 1. The topological polar surface area (TPSA) is 52.1 Å². The summed E-state index contributed by atoms with van der Waals surface area (Å²) in [4.78, 5) is 5.35. The zero-order valence-electron chi connectivity index (χ0n) is 27.5. The quantitative estimate of drug-likeness (QED) is 0.206. The van der Waals surface area contributed by atoms with Crippen molar-refractivity contribution in [3.63, 3.8) is 0 Å². The summed E-state index contributed by atoms with van der Waals surface area (Å²) in [6.07, 6.45) is 10.6. The van der Waals surface area contributed by atoms with Crippen LogP contribution in [0.3, 0.4) is 0 Å². The van der Waals surface area contributed by atoms with Crippen LogP contribution in [0.4, 0.5) is 0 Å². The smallest absolute Gasteiger partial charge is 0.209 e. The van der Waals surface area contributed by atoms with Crippen LogP contribution in [0.2, 0.25) is 0 Å². The van der Waals surface area contributed by atoms with Crippen molar-refractivity contribution in [1.29, 1.82) is 0 Å². The number of rotatable bonds is 3. The maximum absolute atomic E-state index is 5.35. The average Bonchev–Trinajstić information content (AvgIpc) is 3.88. The monoisotopic (exact) mass is 654 g/mol. The molecule has 9 aromatic rings. The van der Waals surface area contributed by atoms with Crippen molar-refractivity contribution in [2.75, 3.05) is 0 Å². The molecule has 2 aliphatic rings. The van der Waals surface area contributed by atoms with Crippen LogP contribution in [0.1, 0.15) is 5.56 Å². The molecule has 51 heavy (non-hydrogen) atoms. The highest BCUT2D eigenvalue weighted by molar-refractivity contribution is 6.19. The lowest BCUT2D eigenvalue weighted by atomic mass is 9.95. The van der Waals surface area contributed by atoms with Gasteiger partial charge in [-0.15, -0.1) is 0 Å². The van der Waals surface area contributed by atoms with Gasteiger partial charge in [0, 0.05) is 43.8 Å². The van der Waals surface area contributed by atoms with Crippen LogP contribution in [0.5, 0.6) is 0 Å². The van der Waals surface area contributed by atoms with Gasteiger partial charge in [-0.3, -0.25) is 4.57 Å².